The van der Waals surface area contributed by atoms with Crippen LogP contribution in [0, 0.1) is 10.8 Å². The van der Waals surface area contributed by atoms with E-state index in [1.807, 2.05) is 16.7 Å². The van der Waals surface area contributed by atoms with Crippen LogP contribution in [0.1, 0.15) is 61.1 Å². The van der Waals surface area contributed by atoms with Crippen LogP contribution in [0.25, 0.3) is 11.3 Å². The Morgan fingerprint density at radius 3 is 2.50 bits per heavy atom. The Morgan fingerprint density at radius 1 is 1.22 bits per heavy atom. The van der Waals surface area contributed by atoms with E-state index in [2.05, 4.69) is 20.8 Å². The number of aliphatic hydroxyl groups is 1. The Bertz CT molecular complexity index is 1110. The van der Waals surface area contributed by atoms with E-state index in [4.69, 9.17) is 9.47 Å². The Hall–Kier alpha value is -2.64. The van der Waals surface area contributed by atoms with Gasteiger partial charge in [-0.1, -0.05) is 20.8 Å². The van der Waals surface area contributed by atoms with Gasteiger partial charge >= 0.3 is 5.97 Å². The first kappa shape index (κ1) is 22.6. The Labute approximate surface area is 187 Å². The third kappa shape index (κ3) is 4.07. The maximum Gasteiger partial charge on any atom is 0.341 e. The highest BCUT2D eigenvalue weighted by atomic mass is 16.5. The van der Waals surface area contributed by atoms with E-state index in [0.717, 1.165) is 24.0 Å². The highest BCUT2D eigenvalue weighted by Crippen LogP contribution is 2.47. The molecule has 7 nitrogen and oxygen atoms in total. The smallest absolute Gasteiger partial charge is 0.341 e. The number of aromatic nitrogens is 1. The average molecular weight is 442 g/mol. The summed E-state index contributed by atoms with van der Waals surface area (Å²) < 4.78 is 13.4. The van der Waals surface area contributed by atoms with E-state index in [9.17, 15) is 19.8 Å². The van der Waals surface area contributed by atoms with Crippen molar-refractivity contribution in [3.63, 3.8) is 0 Å². The van der Waals surface area contributed by atoms with Crippen LogP contribution in [0.5, 0.6) is 5.75 Å². The summed E-state index contributed by atoms with van der Waals surface area (Å²) in [7, 11) is 1.69. The van der Waals surface area contributed by atoms with Gasteiger partial charge in [0, 0.05) is 42.0 Å². The molecule has 1 fully saturated rings. The van der Waals surface area contributed by atoms with Gasteiger partial charge in [0.05, 0.1) is 25.5 Å². The summed E-state index contributed by atoms with van der Waals surface area (Å²) in [5.74, 6) is -0.576. The molecule has 1 saturated carbocycles. The minimum Gasteiger partial charge on any atom is -0.493 e. The number of aromatic carboxylic acids is 1. The highest BCUT2D eigenvalue weighted by Gasteiger charge is 2.44. The van der Waals surface area contributed by atoms with E-state index in [-0.39, 0.29) is 29.0 Å². The quantitative estimate of drug-likeness (QED) is 0.681. The van der Waals surface area contributed by atoms with E-state index < -0.39 is 11.4 Å². The molecular weight excluding hydrogens is 410 g/mol. The van der Waals surface area contributed by atoms with Gasteiger partial charge in [-0.3, -0.25) is 4.79 Å². The summed E-state index contributed by atoms with van der Waals surface area (Å²) in [5.41, 5.74) is 2.29. The van der Waals surface area contributed by atoms with Gasteiger partial charge in [0.25, 0.3) is 0 Å². The molecule has 1 aliphatic heterocycles. The molecule has 0 unspecified atom stereocenters. The number of pyridine rings is 1. The van der Waals surface area contributed by atoms with Crippen molar-refractivity contribution in [1.29, 1.82) is 0 Å². The standard InChI is InChI=1S/C25H31NO6/c1-24(2,3)22-9-15-8-21(32-14-25(5-6-25)13-31-4)16(12-27)7-17(15)19-10-20(28)18(23(29)30)11-26(19)22/h7-8,10-11,22,27H,5-6,9,12-14H2,1-4H3,(H,29,30)/t22-/m0/s1. The van der Waals surface area contributed by atoms with Crippen molar-refractivity contribution in [3.05, 3.63) is 51.3 Å². The van der Waals surface area contributed by atoms with Gasteiger partial charge < -0.3 is 24.3 Å². The van der Waals surface area contributed by atoms with Gasteiger partial charge in [-0.05, 0) is 42.4 Å². The number of carboxylic acids is 1. The number of hydrogen-bond donors (Lipinski definition) is 2. The lowest BCUT2D eigenvalue weighted by Crippen LogP contribution is -2.33. The van der Waals surface area contributed by atoms with Crippen LogP contribution in [0.3, 0.4) is 0 Å². The van der Waals surface area contributed by atoms with Crippen molar-refractivity contribution in [3.8, 4) is 17.0 Å². The molecule has 0 radical (unpaired) electrons. The number of methoxy groups -OCH3 is 1. The molecule has 4 rings (SSSR count). The zero-order valence-corrected chi connectivity index (χ0v) is 19.1. The predicted molar refractivity (Wildman–Crippen MR) is 120 cm³/mol. The SMILES string of the molecule is COCC1(COc2cc3c(cc2CO)-c2cc(=O)c(C(=O)O)cn2[C@H](C(C)(C)C)C3)CC1. The number of ether oxygens (including phenoxy) is 2. The van der Waals surface area contributed by atoms with Crippen molar-refractivity contribution in [1.82, 2.24) is 4.57 Å². The van der Waals surface area contributed by atoms with Gasteiger partial charge in [-0.2, -0.15) is 0 Å². The summed E-state index contributed by atoms with van der Waals surface area (Å²) in [4.78, 5) is 24.1. The van der Waals surface area contributed by atoms with Crippen LogP contribution in [0.4, 0.5) is 0 Å². The molecule has 7 heteroatoms. The fourth-order valence-corrected chi connectivity index (χ4v) is 4.59. The number of hydrogen-bond acceptors (Lipinski definition) is 5. The average Bonchev–Trinajstić information content (AvgIpc) is 3.49. The van der Waals surface area contributed by atoms with Crippen LogP contribution in [0.15, 0.2) is 29.2 Å². The van der Waals surface area contributed by atoms with E-state index in [0.29, 0.717) is 36.6 Å². The first-order valence-electron chi connectivity index (χ1n) is 11.0. The molecule has 1 aliphatic carbocycles. The first-order chi connectivity index (χ1) is 15.1. The largest absolute Gasteiger partial charge is 0.493 e. The van der Waals surface area contributed by atoms with Crippen LogP contribution >= 0.6 is 0 Å². The molecule has 0 saturated heterocycles. The fourth-order valence-electron chi connectivity index (χ4n) is 4.59. The Balaban J connectivity index is 1.80. The van der Waals surface area contributed by atoms with Crippen molar-refractivity contribution in [2.45, 2.75) is 52.7 Å². The lowest BCUT2D eigenvalue weighted by atomic mass is 9.78. The molecule has 1 atom stereocenters. The predicted octanol–water partition coefficient (Wildman–Crippen LogP) is 3.65. The summed E-state index contributed by atoms with van der Waals surface area (Å²) in [6.45, 7) is 7.30. The van der Waals surface area contributed by atoms with Crippen molar-refractivity contribution >= 4 is 5.97 Å². The molecule has 1 aromatic carbocycles. The number of aliphatic hydroxyl groups excluding tert-OH is 1. The molecule has 0 spiro atoms. The van der Waals surface area contributed by atoms with Gasteiger partial charge in [0.1, 0.15) is 11.3 Å². The van der Waals surface area contributed by atoms with Gasteiger partial charge in [-0.25, -0.2) is 4.79 Å². The van der Waals surface area contributed by atoms with E-state index >= 15 is 0 Å². The molecule has 172 valence electrons. The summed E-state index contributed by atoms with van der Waals surface area (Å²) in [6, 6.07) is 5.20. The normalized spacial score (nSPS) is 18.6. The third-order valence-corrected chi connectivity index (χ3v) is 6.73. The number of nitrogens with zero attached hydrogens (tertiary/aromatic N) is 1. The van der Waals surface area contributed by atoms with Crippen LogP contribution < -0.4 is 10.2 Å². The van der Waals surface area contributed by atoms with Crippen LogP contribution in [-0.4, -0.2) is 41.1 Å². The number of carbonyl (C=O) groups is 1. The number of rotatable bonds is 7. The van der Waals surface area contributed by atoms with Crippen LogP contribution in [-0.2, 0) is 17.8 Å². The third-order valence-electron chi connectivity index (χ3n) is 6.73. The zero-order chi connectivity index (χ0) is 23.3. The maximum atomic E-state index is 12.5. The van der Waals surface area contributed by atoms with Crippen molar-refractivity contribution in [2.75, 3.05) is 20.3 Å². The molecule has 32 heavy (non-hydrogen) atoms. The number of carboxylic acid groups (broad SMARTS) is 1. The highest BCUT2D eigenvalue weighted by molar-refractivity contribution is 5.87. The van der Waals surface area contributed by atoms with Crippen LogP contribution in [0.2, 0.25) is 0 Å². The minimum absolute atomic E-state index is 0.0419. The number of fused-ring (bicyclic) bond motifs is 3. The van der Waals surface area contributed by atoms with Gasteiger partial charge in [0.15, 0.2) is 5.43 Å². The monoisotopic (exact) mass is 441 g/mol. The van der Waals surface area contributed by atoms with E-state index in [1.165, 1.54) is 12.3 Å². The fraction of sp³-hybridized carbons (Fsp3) is 0.520. The summed E-state index contributed by atoms with van der Waals surface area (Å²) in [5, 5.41) is 19.5. The molecule has 0 amide bonds. The van der Waals surface area contributed by atoms with Crippen molar-refractivity contribution < 1.29 is 24.5 Å². The lowest BCUT2D eigenvalue weighted by Gasteiger charge is -2.39. The minimum atomic E-state index is -1.23. The molecule has 2 heterocycles. The topological polar surface area (TPSA) is 98.0 Å². The number of benzene rings is 1. The second-order valence-electron chi connectivity index (χ2n) is 10.2. The van der Waals surface area contributed by atoms with E-state index in [1.54, 1.807) is 7.11 Å². The Kier molecular flexibility index (Phi) is 5.67. The summed E-state index contributed by atoms with van der Waals surface area (Å²) >= 11 is 0. The molecule has 0 bridgehead atoms. The molecule has 1 aromatic heterocycles. The lowest BCUT2D eigenvalue weighted by molar-refractivity contribution is 0.0693. The molecule has 2 aromatic rings. The summed E-state index contributed by atoms with van der Waals surface area (Å²) in [6.07, 6.45) is 4.26. The zero-order valence-electron chi connectivity index (χ0n) is 19.1. The van der Waals surface area contributed by atoms with Gasteiger partial charge in [0.2, 0.25) is 0 Å². The maximum absolute atomic E-state index is 12.5. The molecule has 2 N–H and O–H groups in total. The molecular formula is C25H31NO6. The van der Waals surface area contributed by atoms with Gasteiger partial charge in [-0.15, -0.1) is 0 Å². The Morgan fingerprint density at radius 2 is 1.94 bits per heavy atom. The molecule has 2 aliphatic rings. The first-order valence-corrected chi connectivity index (χ1v) is 11.0. The van der Waals surface area contributed by atoms with Crippen molar-refractivity contribution in [2.24, 2.45) is 10.8 Å². The second kappa shape index (κ2) is 8.05. The second-order valence-corrected chi connectivity index (χ2v) is 10.2.